The summed E-state index contributed by atoms with van der Waals surface area (Å²) in [6, 6.07) is 19.8. The fourth-order valence-corrected chi connectivity index (χ4v) is 1.86. The Hall–Kier alpha value is -2.33. The predicted octanol–water partition coefficient (Wildman–Crippen LogP) is 2.70. The van der Waals surface area contributed by atoms with Gasteiger partial charge in [0.1, 0.15) is 6.61 Å². The van der Waals surface area contributed by atoms with E-state index in [9.17, 15) is 4.79 Å². The number of hydrogen-bond donors (Lipinski definition) is 2. The molecule has 0 saturated heterocycles. The molecule has 1 amide bonds. The van der Waals surface area contributed by atoms with E-state index in [0.29, 0.717) is 19.7 Å². The molecule has 0 fully saturated rings. The van der Waals surface area contributed by atoms with Crippen LogP contribution in [-0.4, -0.2) is 19.2 Å². The molecule has 110 valence electrons. The molecule has 0 unspecified atom stereocenters. The van der Waals surface area contributed by atoms with Crippen LogP contribution in [0.15, 0.2) is 60.7 Å². The largest absolute Gasteiger partial charge is 0.445 e. The number of carbonyl (C=O) groups is 1. The molecule has 0 spiro atoms. The van der Waals surface area contributed by atoms with E-state index in [1.807, 2.05) is 48.5 Å². The molecule has 4 heteroatoms. The lowest BCUT2D eigenvalue weighted by molar-refractivity contribution is 0.139. The molecule has 4 nitrogen and oxygen atoms in total. The Morgan fingerprint density at radius 3 is 2.14 bits per heavy atom. The third kappa shape index (κ3) is 6.10. The average Bonchev–Trinajstić information content (AvgIpc) is 2.54. The van der Waals surface area contributed by atoms with E-state index in [4.69, 9.17) is 4.74 Å². The van der Waals surface area contributed by atoms with Gasteiger partial charge in [0.25, 0.3) is 0 Å². The van der Waals surface area contributed by atoms with E-state index < -0.39 is 0 Å². The molecule has 2 aromatic carbocycles. The second-order valence-corrected chi connectivity index (χ2v) is 4.65. The molecule has 0 aromatic heterocycles. The number of benzene rings is 2. The van der Waals surface area contributed by atoms with Crippen LogP contribution in [0, 0.1) is 0 Å². The van der Waals surface area contributed by atoms with Crippen LogP contribution < -0.4 is 10.6 Å². The number of alkyl carbamates (subject to hydrolysis) is 1. The van der Waals surface area contributed by atoms with Crippen LogP contribution in [0.1, 0.15) is 11.1 Å². The maximum absolute atomic E-state index is 11.5. The molecule has 0 saturated carbocycles. The summed E-state index contributed by atoms with van der Waals surface area (Å²) in [4.78, 5) is 11.5. The first-order valence-electron chi connectivity index (χ1n) is 7.04. The topological polar surface area (TPSA) is 50.4 Å². The highest BCUT2D eigenvalue weighted by atomic mass is 16.5. The summed E-state index contributed by atoms with van der Waals surface area (Å²) in [6.07, 6.45) is -0.389. The average molecular weight is 284 g/mol. The number of nitrogens with one attached hydrogen (secondary N) is 2. The molecule has 0 heterocycles. The van der Waals surface area contributed by atoms with E-state index in [-0.39, 0.29) is 6.09 Å². The highest BCUT2D eigenvalue weighted by Crippen LogP contribution is 2.00. The first-order chi connectivity index (χ1) is 10.3. The van der Waals surface area contributed by atoms with Crippen LogP contribution in [0.25, 0.3) is 0 Å². The Kier molecular flexibility index (Phi) is 6.29. The van der Waals surface area contributed by atoms with Crippen molar-refractivity contribution < 1.29 is 9.53 Å². The Morgan fingerprint density at radius 2 is 1.48 bits per heavy atom. The van der Waals surface area contributed by atoms with Gasteiger partial charge >= 0.3 is 6.09 Å². The van der Waals surface area contributed by atoms with Crippen LogP contribution in [0.4, 0.5) is 4.79 Å². The smallest absolute Gasteiger partial charge is 0.407 e. The van der Waals surface area contributed by atoms with Gasteiger partial charge in [-0.1, -0.05) is 60.7 Å². The zero-order valence-corrected chi connectivity index (χ0v) is 11.9. The number of rotatable bonds is 7. The van der Waals surface area contributed by atoms with Gasteiger partial charge in [-0.25, -0.2) is 4.79 Å². The first-order valence-corrected chi connectivity index (χ1v) is 7.04. The Balaban J connectivity index is 1.53. The van der Waals surface area contributed by atoms with Crippen molar-refractivity contribution in [2.45, 2.75) is 13.2 Å². The molecular formula is C17H20N2O2. The summed E-state index contributed by atoms with van der Waals surface area (Å²) in [6.45, 7) is 2.33. The third-order valence-corrected chi connectivity index (χ3v) is 2.96. The zero-order valence-electron chi connectivity index (χ0n) is 11.9. The number of hydrogen-bond acceptors (Lipinski definition) is 3. The number of carbonyl (C=O) groups excluding carboxylic acids is 1. The minimum atomic E-state index is -0.389. The molecule has 0 radical (unpaired) electrons. The molecule has 0 atom stereocenters. The molecule has 0 aliphatic rings. The lowest BCUT2D eigenvalue weighted by atomic mass is 10.2. The molecule has 0 aliphatic heterocycles. The zero-order chi connectivity index (χ0) is 14.8. The monoisotopic (exact) mass is 284 g/mol. The molecule has 0 aliphatic carbocycles. The molecule has 2 aromatic rings. The van der Waals surface area contributed by atoms with Crippen molar-refractivity contribution in [2.24, 2.45) is 0 Å². The van der Waals surface area contributed by atoms with Gasteiger partial charge in [0.2, 0.25) is 0 Å². The molecule has 21 heavy (non-hydrogen) atoms. The predicted molar refractivity (Wildman–Crippen MR) is 82.8 cm³/mol. The van der Waals surface area contributed by atoms with Crippen molar-refractivity contribution in [3.8, 4) is 0 Å². The first kappa shape index (κ1) is 15.1. The molecular weight excluding hydrogens is 264 g/mol. The summed E-state index contributed by atoms with van der Waals surface area (Å²) < 4.78 is 5.12. The number of amides is 1. The van der Waals surface area contributed by atoms with Gasteiger partial charge in [-0.2, -0.15) is 0 Å². The fourth-order valence-electron chi connectivity index (χ4n) is 1.86. The SMILES string of the molecule is O=C(NCCNCc1ccccc1)OCc1ccccc1. The van der Waals surface area contributed by atoms with Crippen molar-refractivity contribution in [1.29, 1.82) is 0 Å². The van der Waals surface area contributed by atoms with Gasteiger partial charge in [0, 0.05) is 19.6 Å². The van der Waals surface area contributed by atoms with Gasteiger partial charge in [-0.15, -0.1) is 0 Å². The molecule has 0 bridgehead atoms. The van der Waals surface area contributed by atoms with Gasteiger partial charge in [-0.3, -0.25) is 0 Å². The molecule has 2 N–H and O–H groups in total. The Bertz CT molecular complexity index is 529. The van der Waals surface area contributed by atoms with Crippen LogP contribution in [0.2, 0.25) is 0 Å². The van der Waals surface area contributed by atoms with Crippen molar-refractivity contribution in [3.05, 3.63) is 71.8 Å². The highest BCUT2D eigenvalue weighted by molar-refractivity contribution is 5.67. The summed E-state index contributed by atoms with van der Waals surface area (Å²) in [7, 11) is 0. The minimum Gasteiger partial charge on any atom is -0.445 e. The second-order valence-electron chi connectivity index (χ2n) is 4.65. The standard InChI is InChI=1S/C17H20N2O2/c20-17(21-14-16-9-5-2-6-10-16)19-12-11-18-13-15-7-3-1-4-8-15/h1-10,18H,11-14H2,(H,19,20). The van der Waals surface area contributed by atoms with Crippen LogP contribution >= 0.6 is 0 Å². The summed E-state index contributed by atoms with van der Waals surface area (Å²) in [5.74, 6) is 0. The van der Waals surface area contributed by atoms with Gasteiger partial charge in [-0.05, 0) is 11.1 Å². The van der Waals surface area contributed by atoms with Crippen LogP contribution in [-0.2, 0) is 17.9 Å². The van der Waals surface area contributed by atoms with Crippen molar-refractivity contribution in [1.82, 2.24) is 10.6 Å². The lowest BCUT2D eigenvalue weighted by Gasteiger charge is -2.08. The molecule has 2 rings (SSSR count). The van der Waals surface area contributed by atoms with Crippen molar-refractivity contribution >= 4 is 6.09 Å². The van der Waals surface area contributed by atoms with Gasteiger partial charge in [0.05, 0.1) is 0 Å². The third-order valence-electron chi connectivity index (χ3n) is 2.96. The van der Waals surface area contributed by atoms with E-state index >= 15 is 0 Å². The minimum absolute atomic E-state index is 0.296. The van der Waals surface area contributed by atoms with E-state index in [1.165, 1.54) is 5.56 Å². The van der Waals surface area contributed by atoms with Crippen molar-refractivity contribution in [2.75, 3.05) is 13.1 Å². The van der Waals surface area contributed by atoms with Crippen LogP contribution in [0.3, 0.4) is 0 Å². The summed E-state index contributed by atoms with van der Waals surface area (Å²) in [5, 5.41) is 5.98. The van der Waals surface area contributed by atoms with Gasteiger partial charge < -0.3 is 15.4 Å². The Morgan fingerprint density at radius 1 is 0.857 bits per heavy atom. The summed E-state index contributed by atoms with van der Waals surface area (Å²) in [5.41, 5.74) is 2.21. The quantitative estimate of drug-likeness (QED) is 0.769. The maximum Gasteiger partial charge on any atom is 0.407 e. The highest BCUT2D eigenvalue weighted by Gasteiger charge is 2.01. The van der Waals surface area contributed by atoms with E-state index in [2.05, 4.69) is 22.8 Å². The maximum atomic E-state index is 11.5. The van der Waals surface area contributed by atoms with E-state index in [1.54, 1.807) is 0 Å². The van der Waals surface area contributed by atoms with Crippen molar-refractivity contribution in [3.63, 3.8) is 0 Å². The normalized spacial score (nSPS) is 10.1. The van der Waals surface area contributed by atoms with Gasteiger partial charge in [0.15, 0.2) is 0 Å². The fraction of sp³-hybridized carbons (Fsp3) is 0.235. The van der Waals surface area contributed by atoms with Crippen LogP contribution in [0.5, 0.6) is 0 Å². The lowest BCUT2D eigenvalue weighted by Crippen LogP contribution is -2.31. The Labute approximate surface area is 125 Å². The summed E-state index contributed by atoms with van der Waals surface area (Å²) >= 11 is 0. The number of ether oxygens (including phenoxy) is 1. The second kappa shape index (κ2) is 8.76. The van der Waals surface area contributed by atoms with E-state index in [0.717, 1.165) is 12.1 Å².